The maximum absolute atomic E-state index is 12.8. The van der Waals surface area contributed by atoms with Gasteiger partial charge in [-0.3, -0.25) is 9.69 Å². The van der Waals surface area contributed by atoms with Gasteiger partial charge in [0.05, 0.1) is 0 Å². The van der Waals surface area contributed by atoms with Crippen molar-refractivity contribution in [3.05, 3.63) is 35.9 Å². The Hall–Kier alpha value is -2.57. The third-order valence-electron chi connectivity index (χ3n) is 4.59. The number of imide groups is 1. The van der Waals surface area contributed by atoms with E-state index in [0.29, 0.717) is 25.9 Å². The van der Waals surface area contributed by atoms with E-state index in [-0.39, 0.29) is 24.1 Å². The van der Waals surface area contributed by atoms with Crippen molar-refractivity contribution >= 4 is 18.0 Å². The molecule has 1 atom stereocenters. The number of hydrogen-bond acceptors (Lipinski definition) is 4. The third kappa shape index (κ3) is 3.81. The number of likely N-dealkylation sites (tertiary alicyclic amines) is 1. The molecule has 0 aliphatic carbocycles. The fraction of sp³-hybridized carbons (Fsp3) is 0.526. The van der Waals surface area contributed by atoms with Gasteiger partial charge in [-0.15, -0.1) is 0 Å². The lowest BCUT2D eigenvalue weighted by atomic mass is 10.0. The summed E-state index contributed by atoms with van der Waals surface area (Å²) in [6.45, 7) is 6.41. The Morgan fingerprint density at radius 2 is 1.73 bits per heavy atom. The molecule has 2 heterocycles. The topological polar surface area (TPSA) is 79.0 Å². The average molecular weight is 359 g/mol. The van der Waals surface area contributed by atoms with Crippen LogP contribution in [-0.2, 0) is 9.53 Å². The zero-order chi connectivity index (χ0) is 18.9. The molecule has 7 heteroatoms. The lowest BCUT2D eigenvalue weighted by molar-refractivity contribution is -0.129. The van der Waals surface area contributed by atoms with Crippen LogP contribution in [0.2, 0.25) is 0 Å². The van der Waals surface area contributed by atoms with Crippen LogP contribution in [0.3, 0.4) is 0 Å². The summed E-state index contributed by atoms with van der Waals surface area (Å²) >= 11 is 0. The quantitative estimate of drug-likeness (QED) is 0.824. The molecule has 0 bridgehead atoms. The lowest BCUT2D eigenvalue weighted by Gasteiger charge is -2.36. The number of urea groups is 1. The molecule has 0 spiro atoms. The number of nitrogens with one attached hydrogen (secondary N) is 1. The van der Waals surface area contributed by atoms with E-state index in [1.165, 1.54) is 4.90 Å². The summed E-state index contributed by atoms with van der Waals surface area (Å²) in [4.78, 5) is 40.2. The van der Waals surface area contributed by atoms with Crippen molar-refractivity contribution < 1.29 is 19.1 Å². The van der Waals surface area contributed by atoms with Crippen LogP contribution in [0.15, 0.2) is 30.3 Å². The minimum atomic E-state index is -0.632. The van der Waals surface area contributed by atoms with Gasteiger partial charge in [-0.25, -0.2) is 9.59 Å². The monoisotopic (exact) mass is 359 g/mol. The Balaban J connectivity index is 1.62. The van der Waals surface area contributed by atoms with Gasteiger partial charge in [-0.1, -0.05) is 30.3 Å². The summed E-state index contributed by atoms with van der Waals surface area (Å²) in [7, 11) is 0. The predicted octanol–water partition coefficient (Wildman–Crippen LogP) is 2.68. The minimum Gasteiger partial charge on any atom is -0.444 e. The molecule has 1 unspecified atom stereocenters. The van der Waals surface area contributed by atoms with Gasteiger partial charge in [0.1, 0.15) is 11.6 Å². The summed E-state index contributed by atoms with van der Waals surface area (Å²) < 4.78 is 5.38. The van der Waals surface area contributed by atoms with Gasteiger partial charge in [0.25, 0.3) is 5.91 Å². The van der Waals surface area contributed by atoms with E-state index in [9.17, 15) is 14.4 Å². The number of rotatable bonds is 2. The second-order valence-corrected chi connectivity index (χ2v) is 7.70. The first-order chi connectivity index (χ1) is 12.3. The number of hydrogen-bond donors (Lipinski definition) is 1. The van der Waals surface area contributed by atoms with E-state index in [1.54, 1.807) is 4.90 Å². The Morgan fingerprint density at radius 3 is 2.31 bits per heavy atom. The Kier molecular flexibility index (Phi) is 4.89. The number of piperidine rings is 1. The van der Waals surface area contributed by atoms with Crippen LogP contribution < -0.4 is 5.32 Å². The highest BCUT2D eigenvalue weighted by Crippen LogP contribution is 2.27. The van der Waals surface area contributed by atoms with Crippen LogP contribution >= 0.6 is 0 Å². The van der Waals surface area contributed by atoms with E-state index in [0.717, 1.165) is 5.56 Å². The van der Waals surface area contributed by atoms with E-state index in [4.69, 9.17) is 4.74 Å². The predicted molar refractivity (Wildman–Crippen MR) is 95.4 cm³/mol. The van der Waals surface area contributed by atoms with Crippen molar-refractivity contribution in [3.63, 3.8) is 0 Å². The molecule has 2 aliphatic rings. The molecule has 2 aliphatic heterocycles. The van der Waals surface area contributed by atoms with Crippen LogP contribution in [-0.4, -0.2) is 52.6 Å². The fourth-order valence-corrected chi connectivity index (χ4v) is 3.34. The molecular weight excluding hydrogens is 334 g/mol. The average Bonchev–Trinajstić information content (AvgIpc) is 2.89. The van der Waals surface area contributed by atoms with Crippen molar-refractivity contribution in [2.45, 2.75) is 51.3 Å². The summed E-state index contributed by atoms with van der Waals surface area (Å²) in [5, 5.41) is 2.76. The third-order valence-corrected chi connectivity index (χ3v) is 4.59. The Morgan fingerprint density at radius 1 is 1.12 bits per heavy atom. The second kappa shape index (κ2) is 6.97. The highest BCUT2D eigenvalue weighted by molar-refractivity contribution is 6.05. The van der Waals surface area contributed by atoms with Gasteiger partial charge in [0.2, 0.25) is 0 Å². The molecular formula is C19H25N3O4. The van der Waals surface area contributed by atoms with Crippen LogP contribution in [0.25, 0.3) is 0 Å². The largest absolute Gasteiger partial charge is 0.444 e. The molecule has 26 heavy (non-hydrogen) atoms. The maximum Gasteiger partial charge on any atom is 0.410 e. The lowest BCUT2D eigenvalue weighted by Crippen LogP contribution is -2.49. The molecule has 1 aromatic rings. The van der Waals surface area contributed by atoms with Crippen LogP contribution in [0.4, 0.5) is 9.59 Å². The van der Waals surface area contributed by atoms with E-state index in [1.807, 2.05) is 51.1 Å². The molecule has 7 nitrogen and oxygen atoms in total. The number of ether oxygens (including phenoxy) is 1. The summed E-state index contributed by atoms with van der Waals surface area (Å²) in [6.07, 6.45) is 0.759. The van der Waals surface area contributed by atoms with Crippen molar-refractivity contribution in [3.8, 4) is 0 Å². The van der Waals surface area contributed by atoms with Crippen molar-refractivity contribution in [2.75, 3.05) is 13.1 Å². The van der Waals surface area contributed by atoms with Gasteiger partial charge in [-0.2, -0.15) is 0 Å². The zero-order valence-electron chi connectivity index (χ0n) is 15.4. The fourth-order valence-electron chi connectivity index (χ4n) is 3.34. The summed E-state index contributed by atoms with van der Waals surface area (Å²) in [5.41, 5.74) is 0.237. The number of carbonyl (C=O) groups is 3. The second-order valence-electron chi connectivity index (χ2n) is 7.70. The van der Waals surface area contributed by atoms with Crippen LogP contribution in [0, 0.1) is 0 Å². The number of carbonyl (C=O) groups excluding carboxylic acids is 3. The van der Waals surface area contributed by atoms with Gasteiger partial charge < -0.3 is 15.0 Å². The SMILES string of the molecule is CC(C)(C)OC(=O)N1CCC(N2C(=O)NC(c3ccccc3)C2=O)CC1. The van der Waals surface area contributed by atoms with Crippen LogP contribution in [0.1, 0.15) is 45.2 Å². The Bertz CT molecular complexity index is 690. The van der Waals surface area contributed by atoms with E-state index in [2.05, 4.69) is 5.32 Å². The van der Waals surface area contributed by atoms with Gasteiger partial charge in [0.15, 0.2) is 0 Å². The first-order valence-electron chi connectivity index (χ1n) is 8.93. The number of benzene rings is 1. The number of amides is 4. The first-order valence-corrected chi connectivity index (χ1v) is 8.93. The molecule has 2 saturated heterocycles. The standard InChI is InChI=1S/C19H25N3O4/c1-19(2,3)26-18(25)21-11-9-14(10-12-21)22-16(23)15(20-17(22)24)13-7-5-4-6-8-13/h4-8,14-15H,9-12H2,1-3H3,(H,20,24). The zero-order valence-corrected chi connectivity index (χ0v) is 15.4. The van der Waals surface area contributed by atoms with Crippen molar-refractivity contribution in [2.24, 2.45) is 0 Å². The summed E-state index contributed by atoms with van der Waals surface area (Å²) in [6, 6.07) is 8.03. The molecule has 3 rings (SSSR count). The molecule has 4 amide bonds. The highest BCUT2D eigenvalue weighted by atomic mass is 16.6. The van der Waals surface area contributed by atoms with Gasteiger partial charge in [0, 0.05) is 19.1 Å². The molecule has 2 fully saturated rings. The maximum atomic E-state index is 12.8. The molecule has 0 saturated carbocycles. The Labute approximate surface area is 153 Å². The number of nitrogens with zero attached hydrogens (tertiary/aromatic N) is 2. The smallest absolute Gasteiger partial charge is 0.410 e. The van der Waals surface area contributed by atoms with Crippen LogP contribution in [0.5, 0.6) is 0 Å². The van der Waals surface area contributed by atoms with Gasteiger partial charge >= 0.3 is 12.1 Å². The normalized spacial score (nSPS) is 21.7. The van der Waals surface area contributed by atoms with E-state index >= 15 is 0 Å². The molecule has 0 aromatic heterocycles. The van der Waals surface area contributed by atoms with Gasteiger partial charge in [-0.05, 0) is 39.2 Å². The molecule has 140 valence electrons. The molecule has 1 N–H and O–H groups in total. The summed E-state index contributed by atoms with van der Waals surface area (Å²) in [5.74, 6) is -0.225. The minimum absolute atomic E-state index is 0.199. The van der Waals surface area contributed by atoms with E-state index < -0.39 is 11.6 Å². The first kappa shape index (κ1) is 18.2. The van der Waals surface area contributed by atoms with Crippen molar-refractivity contribution in [1.82, 2.24) is 15.1 Å². The molecule has 0 radical (unpaired) electrons. The molecule has 1 aromatic carbocycles. The van der Waals surface area contributed by atoms with Crippen molar-refractivity contribution in [1.29, 1.82) is 0 Å². The highest BCUT2D eigenvalue weighted by Gasteiger charge is 2.43.